The summed E-state index contributed by atoms with van der Waals surface area (Å²) in [5.74, 6) is 0. The summed E-state index contributed by atoms with van der Waals surface area (Å²) >= 11 is 13.2. The summed E-state index contributed by atoms with van der Waals surface area (Å²) in [7, 11) is -3.66. The summed E-state index contributed by atoms with van der Waals surface area (Å²) in [6, 6.07) is 4.50. The first-order valence-corrected chi connectivity index (χ1v) is 8.49. The van der Waals surface area contributed by atoms with E-state index >= 15 is 0 Å². The average Bonchev–Trinajstić information content (AvgIpc) is 2.85. The number of thiazole rings is 1. The second kappa shape index (κ2) is 6.19. The third kappa shape index (κ3) is 3.67. The molecule has 1 aromatic carbocycles. The van der Waals surface area contributed by atoms with Crippen LogP contribution in [0.1, 0.15) is 5.69 Å². The van der Waals surface area contributed by atoms with Gasteiger partial charge in [0.15, 0.2) is 0 Å². The van der Waals surface area contributed by atoms with Gasteiger partial charge in [-0.3, -0.25) is 0 Å². The number of aromatic nitrogens is 1. The number of hydrogen-bond acceptors (Lipinski definition) is 4. The van der Waals surface area contributed by atoms with Crippen LogP contribution in [0.25, 0.3) is 0 Å². The van der Waals surface area contributed by atoms with Crippen molar-refractivity contribution in [1.29, 1.82) is 0 Å². The predicted octanol–water partition coefficient (Wildman–Crippen LogP) is 2.97. The van der Waals surface area contributed by atoms with Gasteiger partial charge >= 0.3 is 0 Å². The second-order valence-electron chi connectivity index (χ2n) is 3.68. The lowest BCUT2D eigenvalue weighted by Gasteiger charge is -2.08. The minimum Gasteiger partial charge on any atom is -0.250 e. The van der Waals surface area contributed by atoms with E-state index in [4.69, 9.17) is 23.2 Å². The Morgan fingerprint density at radius 2 is 2.11 bits per heavy atom. The zero-order valence-corrected chi connectivity index (χ0v) is 12.8. The van der Waals surface area contributed by atoms with Crippen LogP contribution >= 0.6 is 34.5 Å². The summed E-state index contributed by atoms with van der Waals surface area (Å²) in [5.41, 5.74) is 2.56. The van der Waals surface area contributed by atoms with Gasteiger partial charge in [-0.2, -0.15) is 0 Å². The molecule has 8 heteroatoms. The Hall–Kier alpha value is -0.660. The molecule has 1 aromatic heterocycles. The molecule has 0 saturated carbocycles. The molecule has 19 heavy (non-hydrogen) atoms. The average molecular weight is 337 g/mol. The van der Waals surface area contributed by atoms with Gasteiger partial charge in [0.2, 0.25) is 10.0 Å². The highest BCUT2D eigenvalue weighted by Gasteiger charge is 2.18. The smallest absolute Gasteiger partial charge is 0.242 e. The zero-order chi connectivity index (χ0) is 13.9. The predicted molar refractivity (Wildman–Crippen MR) is 77.5 cm³/mol. The Balaban J connectivity index is 2.08. The van der Waals surface area contributed by atoms with E-state index in [9.17, 15) is 8.42 Å². The minimum atomic E-state index is -3.66. The van der Waals surface area contributed by atoms with Gasteiger partial charge < -0.3 is 0 Å². The number of sulfonamides is 1. The molecule has 0 atom stereocenters. The highest BCUT2D eigenvalue weighted by Crippen LogP contribution is 2.28. The van der Waals surface area contributed by atoms with Gasteiger partial charge in [0.25, 0.3) is 0 Å². The molecule has 0 aliphatic rings. The normalized spacial score (nSPS) is 11.7. The molecule has 0 aliphatic carbocycles. The van der Waals surface area contributed by atoms with Crippen LogP contribution in [0.2, 0.25) is 10.0 Å². The topological polar surface area (TPSA) is 59.1 Å². The van der Waals surface area contributed by atoms with Crippen LogP contribution in [0.5, 0.6) is 0 Å². The van der Waals surface area contributed by atoms with E-state index in [1.54, 1.807) is 11.6 Å². The largest absolute Gasteiger partial charge is 0.250 e. The quantitative estimate of drug-likeness (QED) is 0.913. The fourth-order valence-electron chi connectivity index (χ4n) is 1.44. The van der Waals surface area contributed by atoms with Crippen molar-refractivity contribution in [2.75, 3.05) is 6.54 Å². The van der Waals surface area contributed by atoms with E-state index in [-0.39, 0.29) is 21.5 Å². The van der Waals surface area contributed by atoms with E-state index in [0.717, 1.165) is 5.69 Å². The summed E-state index contributed by atoms with van der Waals surface area (Å²) in [4.78, 5) is 4.06. The van der Waals surface area contributed by atoms with E-state index in [0.29, 0.717) is 6.42 Å². The molecule has 0 amide bonds. The lowest BCUT2D eigenvalue weighted by molar-refractivity contribution is 0.581. The molecule has 4 nitrogen and oxygen atoms in total. The molecule has 0 bridgehead atoms. The first-order chi connectivity index (χ1) is 9.00. The van der Waals surface area contributed by atoms with Gasteiger partial charge in [-0.1, -0.05) is 29.3 Å². The SMILES string of the molecule is O=S(=O)(NCCc1cscn1)c1cccc(Cl)c1Cl. The van der Waals surface area contributed by atoms with Crippen LogP contribution in [0.15, 0.2) is 34.0 Å². The Kier molecular flexibility index (Phi) is 4.81. The van der Waals surface area contributed by atoms with E-state index in [1.165, 1.54) is 23.5 Å². The van der Waals surface area contributed by atoms with Gasteiger partial charge in [0, 0.05) is 18.3 Å². The van der Waals surface area contributed by atoms with Crippen LogP contribution in [0.4, 0.5) is 0 Å². The lowest BCUT2D eigenvalue weighted by Crippen LogP contribution is -2.26. The fourth-order valence-corrected chi connectivity index (χ4v) is 3.83. The third-order valence-corrected chi connectivity index (χ3v) is 5.43. The van der Waals surface area contributed by atoms with Crippen molar-refractivity contribution in [3.63, 3.8) is 0 Å². The van der Waals surface area contributed by atoms with Crippen molar-refractivity contribution in [3.8, 4) is 0 Å². The molecule has 0 radical (unpaired) electrons. The third-order valence-electron chi connectivity index (χ3n) is 2.36. The van der Waals surface area contributed by atoms with E-state index in [1.807, 2.05) is 5.38 Å². The highest BCUT2D eigenvalue weighted by molar-refractivity contribution is 7.89. The number of benzene rings is 1. The molecule has 0 saturated heterocycles. The number of nitrogens with one attached hydrogen (secondary N) is 1. The molecular formula is C11H10Cl2N2O2S2. The highest BCUT2D eigenvalue weighted by atomic mass is 35.5. The van der Waals surface area contributed by atoms with Crippen molar-refractivity contribution in [2.24, 2.45) is 0 Å². The van der Waals surface area contributed by atoms with Crippen molar-refractivity contribution in [1.82, 2.24) is 9.71 Å². The molecule has 1 N–H and O–H groups in total. The number of hydrogen-bond donors (Lipinski definition) is 1. The number of nitrogens with zero attached hydrogens (tertiary/aromatic N) is 1. The van der Waals surface area contributed by atoms with Crippen LogP contribution < -0.4 is 4.72 Å². The van der Waals surface area contributed by atoms with Gasteiger partial charge in [0.05, 0.1) is 21.2 Å². The Morgan fingerprint density at radius 1 is 1.32 bits per heavy atom. The molecular weight excluding hydrogens is 327 g/mol. The Morgan fingerprint density at radius 3 is 2.79 bits per heavy atom. The monoisotopic (exact) mass is 336 g/mol. The first kappa shape index (κ1) is 14.7. The maximum Gasteiger partial charge on any atom is 0.242 e. The van der Waals surface area contributed by atoms with Crippen molar-refractivity contribution < 1.29 is 8.42 Å². The molecule has 0 spiro atoms. The zero-order valence-electron chi connectivity index (χ0n) is 9.64. The van der Waals surface area contributed by atoms with Gasteiger partial charge in [-0.25, -0.2) is 18.1 Å². The lowest BCUT2D eigenvalue weighted by atomic mass is 10.3. The van der Waals surface area contributed by atoms with Crippen molar-refractivity contribution in [3.05, 3.63) is 44.8 Å². The number of halogens is 2. The molecule has 0 unspecified atom stereocenters. The Bertz CT molecular complexity index is 657. The Labute approximate surface area is 125 Å². The maximum absolute atomic E-state index is 12.1. The van der Waals surface area contributed by atoms with E-state index in [2.05, 4.69) is 9.71 Å². The van der Waals surface area contributed by atoms with Gasteiger partial charge in [-0.05, 0) is 12.1 Å². The fraction of sp³-hybridized carbons (Fsp3) is 0.182. The van der Waals surface area contributed by atoms with Gasteiger partial charge in [-0.15, -0.1) is 11.3 Å². The molecule has 0 fully saturated rings. The summed E-state index contributed by atoms with van der Waals surface area (Å²) in [6.45, 7) is 0.259. The van der Waals surface area contributed by atoms with Crippen LogP contribution in [-0.2, 0) is 16.4 Å². The first-order valence-electron chi connectivity index (χ1n) is 5.31. The standard InChI is InChI=1S/C11H10Cl2N2O2S2/c12-9-2-1-3-10(11(9)13)19(16,17)15-5-4-8-6-18-7-14-8/h1-3,6-7,15H,4-5H2. The van der Waals surface area contributed by atoms with E-state index < -0.39 is 10.0 Å². The molecule has 2 aromatic rings. The van der Waals surface area contributed by atoms with Crippen LogP contribution in [0.3, 0.4) is 0 Å². The molecule has 102 valence electrons. The van der Waals surface area contributed by atoms with Crippen LogP contribution in [-0.4, -0.2) is 19.9 Å². The minimum absolute atomic E-state index is 0.0139. The molecule has 0 aliphatic heterocycles. The summed E-state index contributed by atoms with van der Waals surface area (Å²) in [6.07, 6.45) is 0.529. The second-order valence-corrected chi connectivity index (χ2v) is 6.92. The maximum atomic E-state index is 12.1. The van der Waals surface area contributed by atoms with Gasteiger partial charge in [0.1, 0.15) is 4.90 Å². The van der Waals surface area contributed by atoms with Crippen molar-refractivity contribution >= 4 is 44.6 Å². The van der Waals surface area contributed by atoms with Crippen molar-refractivity contribution in [2.45, 2.75) is 11.3 Å². The van der Waals surface area contributed by atoms with Crippen LogP contribution in [0, 0.1) is 0 Å². The number of rotatable bonds is 5. The molecule has 2 rings (SSSR count). The molecule has 1 heterocycles. The summed E-state index contributed by atoms with van der Waals surface area (Å²) < 4.78 is 26.6. The summed E-state index contributed by atoms with van der Waals surface area (Å²) in [5, 5.41) is 2.12.